The van der Waals surface area contributed by atoms with Crippen LogP contribution in [-0.4, -0.2) is 26.2 Å². The van der Waals surface area contributed by atoms with Gasteiger partial charge in [0, 0.05) is 30.3 Å². The van der Waals surface area contributed by atoms with Gasteiger partial charge in [-0.15, -0.1) is 0 Å². The largest absolute Gasteiger partial charge is 0.431 e. The number of Topliss-reactive ketones (excluding diaryl/α,β-unsaturated/α-hetero) is 1. The van der Waals surface area contributed by atoms with E-state index in [0.29, 0.717) is 18.1 Å². The molecule has 0 N–H and O–H groups in total. The highest BCUT2D eigenvalue weighted by atomic mass is 28.4. The fraction of sp³-hybridized carbons (Fsp3) is 0.826. The summed E-state index contributed by atoms with van der Waals surface area (Å²) in [7, 11) is -2.01. The quantitative estimate of drug-likeness (QED) is 0.441. The van der Waals surface area contributed by atoms with E-state index in [4.69, 9.17) is 9.16 Å². The molecular weight excluding hydrogens is 368 g/mol. The van der Waals surface area contributed by atoms with Crippen LogP contribution in [0.1, 0.15) is 79.6 Å². The van der Waals surface area contributed by atoms with Crippen LogP contribution in [0.2, 0.25) is 18.1 Å². The third-order valence-corrected chi connectivity index (χ3v) is 12.3. The number of hydrogen-bond donors (Lipinski definition) is 0. The van der Waals surface area contributed by atoms with Gasteiger partial charge in [-0.2, -0.15) is 0 Å². The molecule has 2 saturated carbocycles. The lowest BCUT2D eigenvalue weighted by molar-refractivity contribution is -0.137. The average molecular weight is 407 g/mol. The molecule has 4 atom stereocenters. The molecule has 3 aliphatic carbocycles. The lowest BCUT2D eigenvalue weighted by Crippen LogP contribution is -2.51. The first kappa shape index (κ1) is 21.8. The maximum absolute atomic E-state index is 13.3. The second-order valence-electron chi connectivity index (χ2n) is 10.9. The van der Waals surface area contributed by atoms with Gasteiger partial charge >= 0.3 is 5.97 Å². The molecule has 0 aromatic carbocycles. The van der Waals surface area contributed by atoms with Crippen LogP contribution in [0.3, 0.4) is 0 Å². The Hall–Kier alpha value is -0.943. The Bertz CT molecular complexity index is 687. The van der Waals surface area contributed by atoms with E-state index in [9.17, 15) is 9.59 Å². The molecule has 0 aromatic rings. The topological polar surface area (TPSA) is 52.6 Å². The zero-order chi connectivity index (χ0) is 20.9. The van der Waals surface area contributed by atoms with Crippen molar-refractivity contribution >= 4 is 20.1 Å². The predicted octanol–water partition coefficient (Wildman–Crippen LogP) is 5.77. The Morgan fingerprint density at radius 3 is 2.46 bits per heavy atom. The highest BCUT2D eigenvalue weighted by Crippen LogP contribution is 2.59. The van der Waals surface area contributed by atoms with E-state index in [0.717, 1.165) is 37.7 Å². The summed E-state index contributed by atoms with van der Waals surface area (Å²) < 4.78 is 12.8. The van der Waals surface area contributed by atoms with Crippen molar-refractivity contribution in [1.82, 2.24) is 0 Å². The zero-order valence-electron chi connectivity index (χ0n) is 18.8. The van der Waals surface area contributed by atoms with Gasteiger partial charge in [-0.1, -0.05) is 40.5 Å². The molecular formula is C23H38O4Si. The van der Waals surface area contributed by atoms with E-state index >= 15 is 0 Å². The highest BCUT2D eigenvalue weighted by molar-refractivity contribution is 6.74. The first-order valence-corrected chi connectivity index (χ1v) is 13.9. The number of esters is 1. The van der Waals surface area contributed by atoms with Gasteiger partial charge in [0.05, 0.1) is 6.10 Å². The van der Waals surface area contributed by atoms with Crippen LogP contribution >= 0.6 is 0 Å². The van der Waals surface area contributed by atoms with Crippen molar-refractivity contribution in [3.8, 4) is 0 Å². The highest BCUT2D eigenvalue weighted by Gasteiger charge is 2.59. The summed E-state index contributed by atoms with van der Waals surface area (Å²) in [4.78, 5) is 25.1. The fourth-order valence-electron chi connectivity index (χ4n) is 5.44. The van der Waals surface area contributed by atoms with E-state index in [1.165, 1.54) is 13.3 Å². The summed E-state index contributed by atoms with van der Waals surface area (Å²) in [6.45, 7) is 14.9. The smallest absolute Gasteiger partial charge is 0.307 e. The summed E-state index contributed by atoms with van der Waals surface area (Å²) in [5.41, 5.74) is 0.525. The number of ether oxygens (including phenoxy) is 1. The molecule has 0 saturated heterocycles. The Morgan fingerprint density at radius 2 is 1.86 bits per heavy atom. The van der Waals surface area contributed by atoms with E-state index < -0.39 is 8.32 Å². The van der Waals surface area contributed by atoms with E-state index in [1.54, 1.807) is 0 Å². The molecule has 5 heteroatoms. The summed E-state index contributed by atoms with van der Waals surface area (Å²) in [5.74, 6) is 0.916. The van der Waals surface area contributed by atoms with Gasteiger partial charge in [-0.3, -0.25) is 9.59 Å². The molecule has 0 radical (unpaired) electrons. The number of carbonyl (C=O) groups excluding carboxylic acids is 2. The number of allylic oxidation sites excluding steroid dienone is 1. The molecule has 158 valence electrons. The summed E-state index contributed by atoms with van der Waals surface area (Å²) in [5, 5.41) is 0.121. The van der Waals surface area contributed by atoms with Crippen molar-refractivity contribution in [1.29, 1.82) is 0 Å². The molecule has 0 heterocycles. The van der Waals surface area contributed by atoms with E-state index in [1.807, 2.05) is 6.92 Å². The average Bonchev–Trinajstić information content (AvgIpc) is 2.66. The summed E-state index contributed by atoms with van der Waals surface area (Å²) in [6.07, 6.45) is 6.94. The molecule has 4 nitrogen and oxygen atoms in total. The lowest BCUT2D eigenvalue weighted by Gasteiger charge is -2.47. The van der Waals surface area contributed by atoms with Crippen LogP contribution in [0.5, 0.6) is 0 Å². The third kappa shape index (κ3) is 3.65. The van der Waals surface area contributed by atoms with Gasteiger partial charge in [0.15, 0.2) is 14.1 Å². The third-order valence-electron chi connectivity index (χ3n) is 7.80. The first-order chi connectivity index (χ1) is 12.9. The van der Waals surface area contributed by atoms with Crippen LogP contribution in [0.4, 0.5) is 0 Å². The van der Waals surface area contributed by atoms with Gasteiger partial charge in [0.2, 0.25) is 0 Å². The van der Waals surface area contributed by atoms with Crippen molar-refractivity contribution < 1.29 is 18.8 Å². The summed E-state index contributed by atoms with van der Waals surface area (Å²) >= 11 is 0. The maximum Gasteiger partial charge on any atom is 0.307 e. The van der Waals surface area contributed by atoms with Crippen LogP contribution in [0.15, 0.2) is 11.3 Å². The second-order valence-corrected chi connectivity index (χ2v) is 15.6. The second kappa shape index (κ2) is 7.39. The number of hydrogen-bond acceptors (Lipinski definition) is 4. The minimum atomic E-state index is -2.01. The minimum absolute atomic E-state index is 0.0251. The van der Waals surface area contributed by atoms with Crippen molar-refractivity contribution in [2.75, 3.05) is 0 Å². The van der Waals surface area contributed by atoms with Crippen LogP contribution in [-0.2, 0) is 18.8 Å². The molecule has 28 heavy (non-hydrogen) atoms. The Labute approximate surface area is 171 Å². The number of rotatable bonds is 3. The molecule has 3 rings (SSSR count). The summed E-state index contributed by atoms with van der Waals surface area (Å²) in [6, 6.07) is 0. The van der Waals surface area contributed by atoms with Gasteiger partial charge in [-0.05, 0) is 49.7 Å². The van der Waals surface area contributed by atoms with E-state index in [-0.39, 0.29) is 34.2 Å². The molecule has 2 bridgehead atoms. The predicted molar refractivity (Wildman–Crippen MR) is 113 cm³/mol. The molecule has 2 fully saturated rings. The molecule has 0 amide bonds. The van der Waals surface area contributed by atoms with Crippen LogP contribution < -0.4 is 0 Å². The lowest BCUT2D eigenvalue weighted by atomic mass is 9.71. The Balaban J connectivity index is 2.15. The van der Waals surface area contributed by atoms with Crippen molar-refractivity contribution in [3.05, 3.63) is 11.3 Å². The maximum atomic E-state index is 13.3. The zero-order valence-corrected chi connectivity index (χ0v) is 19.8. The standard InChI is InChI=1S/C23H38O4Si/c1-15-14-23-13-9-8-10-17(21(23)27-28(6,7)22(3,4)5)11-12-18(26-16(2)24)19(23)20(15)25/h15,17,21H,8-14H2,1-7H3/t15-,17+,21-,23+/m1/s1. The monoisotopic (exact) mass is 406 g/mol. The molecule has 0 unspecified atom stereocenters. The molecule has 3 aliphatic rings. The van der Waals surface area contributed by atoms with Gasteiger partial charge in [0.25, 0.3) is 0 Å². The number of ketones is 1. The normalized spacial score (nSPS) is 34.0. The molecule has 0 aromatic heterocycles. The van der Waals surface area contributed by atoms with Gasteiger partial charge < -0.3 is 9.16 Å². The Kier molecular flexibility index (Phi) is 5.74. The fourth-order valence-corrected chi connectivity index (χ4v) is 6.85. The van der Waals surface area contributed by atoms with Gasteiger partial charge in [0.1, 0.15) is 5.76 Å². The van der Waals surface area contributed by atoms with Crippen molar-refractivity contribution in [2.24, 2.45) is 17.3 Å². The van der Waals surface area contributed by atoms with Gasteiger partial charge in [-0.25, -0.2) is 0 Å². The molecule has 0 aliphatic heterocycles. The van der Waals surface area contributed by atoms with Crippen LogP contribution in [0, 0.1) is 17.3 Å². The number of fused-ring (bicyclic) bond motifs is 1. The Morgan fingerprint density at radius 1 is 1.18 bits per heavy atom. The van der Waals surface area contributed by atoms with Crippen molar-refractivity contribution in [3.63, 3.8) is 0 Å². The minimum Gasteiger partial charge on any atom is -0.431 e. The van der Waals surface area contributed by atoms with E-state index in [2.05, 4.69) is 33.9 Å². The SMILES string of the molecule is CC(=O)OC1=C2C(=O)[C@H](C)C[C@@]23CCCC[C@@H](CC1)[C@H]3O[Si](C)(C)C(C)(C)C. The molecule has 1 spiro atoms. The van der Waals surface area contributed by atoms with Crippen molar-refractivity contribution in [2.45, 2.75) is 104 Å². The number of carbonyl (C=O) groups is 2. The van der Waals surface area contributed by atoms with Crippen LogP contribution in [0.25, 0.3) is 0 Å². The first-order valence-electron chi connectivity index (χ1n) is 11.0.